The second-order valence-corrected chi connectivity index (χ2v) is 20.2. The van der Waals surface area contributed by atoms with Crippen LogP contribution in [-0.4, -0.2) is 57.1 Å². The normalized spacial score (nSPS) is 37.9. The molecule has 322 valence electrons. The first-order valence-corrected chi connectivity index (χ1v) is 23.3. The summed E-state index contributed by atoms with van der Waals surface area (Å²) in [4.78, 5) is 15.5. The number of carbonyl (C=O) groups is 1. The van der Waals surface area contributed by atoms with Crippen molar-refractivity contribution < 1.29 is 35.1 Å². The highest BCUT2D eigenvalue weighted by Gasteiger charge is 2.73. The predicted molar refractivity (Wildman–Crippen MR) is 234 cm³/mol. The molecule has 3 saturated carbocycles. The van der Waals surface area contributed by atoms with E-state index in [4.69, 9.17) is 4.74 Å². The summed E-state index contributed by atoms with van der Waals surface area (Å²) in [5, 5.41) is 62.0. The molecule has 13 atom stereocenters. The van der Waals surface area contributed by atoms with Gasteiger partial charge in [-0.25, -0.2) is 0 Å². The Morgan fingerprint density at radius 2 is 1.77 bits per heavy atom. The molecule has 1 aliphatic heterocycles. The Bertz CT molecular complexity index is 2280. The van der Waals surface area contributed by atoms with E-state index in [1.807, 2.05) is 30.3 Å². The zero-order chi connectivity index (χ0) is 42.3. The van der Waals surface area contributed by atoms with E-state index >= 15 is 4.79 Å². The number of allylic oxidation sites excluding steroid dienone is 2. The number of Topliss-reactive ketones (excluding diaryl/α,β-unsaturated/α-hetero) is 1. The average molecular weight is 826 g/mol. The number of nitrogens with one attached hydrogen (secondary N) is 1. The highest BCUT2D eigenvalue weighted by atomic mass is 16.5. The van der Waals surface area contributed by atoms with E-state index in [0.717, 1.165) is 67.2 Å². The van der Waals surface area contributed by atoms with E-state index in [2.05, 4.69) is 48.4 Å². The van der Waals surface area contributed by atoms with Crippen LogP contribution in [0.2, 0.25) is 0 Å². The van der Waals surface area contributed by atoms with Crippen LogP contribution in [0, 0.1) is 58.2 Å². The predicted octanol–water partition coefficient (Wildman–Crippen LogP) is 8.57. The van der Waals surface area contributed by atoms with Crippen molar-refractivity contribution in [2.75, 3.05) is 13.7 Å². The van der Waals surface area contributed by atoms with Gasteiger partial charge in [-0.3, -0.25) is 4.79 Å². The highest BCUT2D eigenvalue weighted by molar-refractivity contribution is 5.83. The molecule has 0 amide bonds. The zero-order valence-electron chi connectivity index (χ0n) is 35.8. The topological polar surface area (TPSA) is 139 Å². The van der Waals surface area contributed by atoms with E-state index in [0.29, 0.717) is 30.9 Å². The summed E-state index contributed by atoms with van der Waals surface area (Å²) in [5.41, 5.74) is 3.90. The van der Waals surface area contributed by atoms with Gasteiger partial charge in [0.15, 0.2) is 23.0 Å². The van der Waals surface area contributed by atoms with Crippen molar-refractivity contribution in [3.63, 3.8) is 0 Å². The molecule has 4 bridgehead atoms. The third-order valence-corrected chi connectivity index (χ3v) is 17.7. The number of aliphatic hydroxyl groups excluding tert-OH is 2. The van der Waals surface area contributed by atoms with Gasteiger partial charge in [0.1, 0.15) is 5.78 Å². The lowest BCUT2D eigenvalue weighted by molar-refractivity contribution is -0.161. The number of ether oxygens (including phenoxy) is 1. The SMILES string of the molecule is CCCCC[C@H]1C(=O)C[C@@H](c2cc(OC)c(O)cc2CO)[C@@H](Cc2ccccc2)C#C[C@@H]2CN[C@H]3CC[C@@]45C=C[C@H]6CCC[C@]6(C4)[C@H]4C[C@@H]5[C@@]3(c3cc(O)c(O)cc34)[C@@H]2[C@H]1O. The minimum atomic E-state index is -1.01. The van der Waals surface area contributed by atoms with Gasteiger partial charge in [-0.05, 0) is 132 Å². The molecule has 61 heavy (non-hydrogen) atoms. The van der Waals surface area contributed by atoms with Crippen LogP contribution >= 0.6 is 0 Å². The number of phenolic OH excluding ortho intramolecular Hbond substituents is 3. The summed E-state index contributed by atoms with van der Waals surface area (Å²) in [7, 11) is 1.50. The van der Waals surface area contributed by atoms with Crippen LogP contribution in [0.5, 0.6) is 23.0 Å². The molecule has 4 fully saturated rings. The Morgan fingerprint density at radius 3 is 2.56 bits per heavy atom. The van der Waals surface area contributed by atoms with Crippen molar-refractivity contribution in [3.8, 4) is 34.8 Å². The van der Waals surface area contributed by atoms with Crippen molar-refractivity contribution in [2.24, 2.45) is 46.3 Å². The Morgan fingerprint density at radius 1 is 0.951 bits per heavy atom. The summed E-state index contributed by atoms with van der Waals surface area (Å²) in [5.74, 6) is 6.34. The largest absolute Gasteiger partial charge is 0.504 e. The number of methoxy groups -OCH3 is 1. The maximum absolute atomic E-state index is 15.5. The maximum Gasteiger partial charge on any atom is 0.160 e. The van der Waals surface area contributed by atoms with Crippen molar-refractivity contribution in [3.05, 3.63) is 94.6 Å². The van der Waals surface area contributed by atoms with Crippen molar-refractivity contribution >= 4 is 5.78 Å². The fraction of sp³-hybridized carbons (Fsp3) is 0.566. The first-order valence-electron chi connectivity index (χ1n) is 23.3. The fourth-order valence-electron chi connectivity index (χ4n) is 15.3. The number of rotatable bonds is 9. The fourth-order valence-corrected chi connectivity index (χ4v) is 15.3. The molecule has 0 aromatic heterocycles. The molecule has 1 saturated heterocycles. The van der Waals surface area contributed by atoms with Gasteiger partial charge < -0.3 is 35.6 Å². The van der Waals surface area contributed by atoms with Crippen LogP contribution in [0.3, 0.4) is 0 Å². The third kappa shape index (κ3) is 6.15. The first-order chi connectivity index (χ1) is 29.6. The lowest BCUT2D eigenvalue weighted by atomic mass is 9.32. The lowest BCUT2D eigenvalue weighted by Gasteiger charge is -2.73. The zero-order valence-corrected chi connectivity index (χ0v) is 35.8. The number of aromatic hydroxyl groups is 3. The molecule has 8 heteroatoms. The van der Waals surface area contributed by atoms with Gasteiger partial charge in [0.05, 0.1) is 19.8 Å². The van der Waals surface area contributed by atoms with Crippen LogP contribution in [0.25, 0.3) is 0 Å². The van der Waals surface area contributed by atoms with Gasteiger partial charge in [-0.2, -0.15) is 0 Å². The van der Waals surface area contributed by atoms with E-state index in [9.17, 15) is 25.5 Å². The van der Waals surface area contributed by atoms with Gasteiger partial charge in [0.25, 0.3) is 0 Å². The van der Waals surface area contributed by atoms with E-state index in [1.165, 1.54) is 26.4 Å². The summed E-state index contributed by atoms with van der Waals surface area (Å²) in [6.07, 6.45) is 15.7. The first kappa shape index (κ1) is 40.8. The van der Waals surface area contributed by atoms with E-state index < -0.39 is 29.3 Å². The lowest BCUT2D eigenvalue weighted by Crippen LogP contribution is -2.75. The quantitative estimate of drug-likeness (QED) is 0.0547. The van der Waals surface area contributed by atoms with Gasteiger partial charge in [-0.15, -0.1) is 0 Å². The third-order valence-electron chi connectivity index (χ3n) is 17.7. The smallest absolute Gasteiger partial charge is 0.160 e. The van der Waals surface area contributed by atoms with Crippen molar-refractivity contribution in [1.82, 2.24) is 5.32 Å². The minimum absolute atomic E-state index is 0.00142. The molecule has 3 spiro atoms. The summed E-state index contributed by atoms with van der Waals surface area (Å²) < 4.78 is 5.61. The van der Waals surface area contributed by atoms with Gasteiger partial charge in [0.2, 0.25) is 0 Å². The van der Waals surface area contributed by atoms with Crippen molar-refractivity contribution in [1.29, 1.82) is 0 Å². The number of hydrogen-bond acceptors (Lipinski definition) is 8. The van der Waals surface area contributed by atoms with Gasteiger partial charge >= 0.3 is 0 Å². The number of benzene rings is 3. The molecule has 3 aromatic rings. The van der Waals surface area contributed by atoms with Gasteiger partial charge in [0, 0.05) is 54.0 Å². The van der Waals surface area contributed by atoms with Crippen LogP contribution in [0.4, 0.5) is 0 Å². The van der Waals surface area contributed by atoms with Crippen LogP contribution < -0.4 is 10.1 Å². The summed E-state index contributed by atoms with van der Waals surface area (Å²) in [6, 6.07) is 17.3. The number of phenols is 3. The molecule has 6 N–H and O–H groups in total. The second kappa shape index (κ2) is 15.5. The highest BCUT2D eigenvalue weighted by Crippen LogP contribution is 2.78. The minimum Gasteiger partial charge on any atom is -0.504 e. The Kier molecular flexibility index (Phi) is 10.4. The number of carbonyl (C=O) groups excluding carboxylic acids is 1. The molecule has 6 aliphatic carbocycles. The molecular weight excluding hydrogens is 763 g/mol. The summed E-state index contributed by atoms with van der Waals surface area (Å²) >= 11 is 0. The monoisotopic (exact) mass is 825 g/mol. The number of piperidine rings is 1. The summed E-state index contributed by atoms with van der Waals surface area (Å²) in [6.45, 7) is 2.40. The number of ketones is 1. The second-order valence-electron chi connectivity index (χ2n) is 20.2. The van der Waals surface area contributed by atoms with E-state index in [1.54, 1.807) is 12.1 Å². The van der Waals surface area contributed by atoms with Crippen LogP contribution in [0.15, 0.2) is 66.7 Å². The number of fused-ring (bicyclic) bond motifs is 4. The molecule has 8 nitrogen and oxygen atoms in total. The molecule has 0 unspecified atom stereocenters. The molecular formula is C53H63NO7. The number of aliphatic hydroxyl groups is 2. The van der Waals surface area contributed by atoms with Crippen LogP contribution in [-0.2, 0) is 23.2 Å². The number of unbranched alkanes of at least 4 members (excludes halogenated alkanes) is 2. The standard InChI is InChI=1S/C53H63NO7/c1-3-4-6-13-36-42(56)23-37(38-25-46(61-2)45(59)22-34(38)29-55)32(21-31-10-7-5-8-11-31)14-15-33-28-54-48-17-20-51-19-16-35-12-9-18-52(35,30-51)40-27-47(51)53(48,49(33)50(36)60)41-26-44(58)43(57)24-39(40)41/h5,7-8,10-11,16,19,22,24-26,32-33,35-37,40,47-50,54-55,57-60H,3-4,6,9,12-13,17-18,20-21,23,27-30H2,1-2H3/t32-,33-,35-,36+,37-,40+,47+,48+,49+,50+,51+,52-,53-/m1/s1. The molecule has 1 heterocycles. The van der Waals surface area contributed by atoms with Crippen LogP contribution in [0.1, 0.15) is 124 Å². The van der Waals surface area contributed by atoms with E-state index in [-0.39, 0.29) is 82.4 Å². The molecule has 10 rings (SSSR count). The molecule has 3 aromatic carbocycles. The molecule has 0 radical (unpaired) electrons. The van der Waals surface area contributed by atoms with Crippen molar-refractivity contribution in [2.45, 2.75) is 126 Å². The van der Waals surface area contributed by atoms with Gasteiger partial charge in [-0.1, -0.05) is 86.9 Å². The maximum atomic E-state index is 15.5. The Hall–Kier alpha value is -4.29. The average Bonchev–Trinajstić information content (AvgIpc) is 3.68. The molecule has 7 aliphatic rings. The Balaban J connectivity index is 1.20. The number of hydrogen-bond donors (Lipinski definition) is 6. The Labute approximate surface area is 360 Å².